The lowest BCUT2D eigenvalue weighted by molar-refractivity contribution is -0.138. The molecule has 1 aliphatic heterocycles. The number of hydrogen-bond acceptors (Lipinski definition) is 4. The van der Waals surface area contributed by atoms with Crippen LogP contribution in [0, 0.1) is 6.92 Å². The number of likely N-dealkylation sites (tertiary alicyclic amines) is 1. The Morgan fingerprint density at radius 3 is 2.64 bits per heavy atom. The second-order valence-electron chi connectivity index (χ2n) is 6.99. The third kappa shape index (κ3) is 4.20. The van der Waals surface area contributed by atoms with E-state index in [-0.39, 0.29) is 11.9 Å². The summed E-state index contributed by atoms with van der Waals surface area (Å²) in [4.78, 5) is 15.0. The minimum absolute atomic E-state index is 0.0487. The van der Waals surface area contributed by atoms with Crippen LogP contribution >= 0.6 is 11.6 Å². The zero-order chi connectivity index (χ0) is 20.3. The number of nitrogens with zero attached hydrogens (tertiary/aromatic N) is 1. The first-order chi connectivity index (χ1) is 13.4. The van der Waals surface area contributed by atoms with Crippen molar-refractivity contribution in [3.05, 3.63) is 52.5 Å². The average Bonchev–Trinajstić information content (AvgIpc) is 3.19. The highest BCUT2D eigenvalue weighted by Crippen LogP contribution is 2.39. The molecule has 1 amide bonds. The number of ether oxygens (including phenoxy) is 3. The molecule has 28 heavy (non-hydrogen) atoms. The molecule has 0 bridgehead atoms. The van der Waals surface area contributed by atoms with Gasteiger partial charge >= 0.3 is 0 Å². The number of benzene rings is 2. The number of carbonyl (C=O) groups is 1. The molecule has 6 heteroatoms. The molecule has 0 spiro atoms. The predicted molar refractivity (Wildman–Crippen MR) is 110 cm³/mol. The second-order valence-corrected chi connectivity index (χ2v) is 7.40. The van der Waals surface area contributed by atoms with Gasteiger partial charge in [-0.1, -0.05) is 17.7 Å². The first-order valence-corrected chi connectivity index (χ1v) is 9.77. The van der Waals surface area contributed by atoms with Crippen LogP contribution in [0.15, 0.2) is 36.4 Å². The van der Waals surface area contributed by atoms with Gasteiger partial charge in [-0.3, -0.25) is 4.79 Å². The van der Waals surface area contributed by atoms with Crippen molar-refractivity contribution < 1.29 is 19.0 Å². The molecule has 0 radical (unpaired) electrons. The van der Waals surface area contributed by atoms with E-state index < -0.39 is 6.10 Å². The molecular formula is C22H26ClNO4. The van der Waals surface area contributed by atoms with Crippen molar-refractivity contribution in [2.45, 2.75) is 38.8 Å². The summed E-state index contributed by atoms with van der Waals surface area (Å²) in [5.74, 6) is 1.92. The summed E-state index contributed by atoms with van der Waals surface area (Å²) in [5, 5.41) is 0.500. The first-order valence-electron chi connectivity index (χ1n) is 9.39. The summed E-state index contributed by atoms with van der Waals surface area (Å²) >= 11 is 6.22. The fourth-order valence-electron chi connectivity index (χ4n) is 3.62. The lowest BCUT2D eigenvalue weighted by Crippen LogP contribution is -2.40. The lowest BCUT2D eigenvalue weighted by atomic mass is 10.0. The summed E-state index contributed by atoms with van der Waals surface area (Å²) in [6, 6.07) is 11.2. The van der Waals surface area contributed by atoms with E-state index in [1.165, 1.54) is 0 Å². The zero-order valence-electron chi connectivity index (χ0n) is 16.7. The van der Waals surface area contributed by atoms with Crippen LogP contribution in [-0.2, 0) is 4.79 Å². The Hall–Kier alpha value is -2.40. The van der Waals surface area contributed by atoms with Crippen molar-refractivity contribution in [1.82, 2.24) is 4.90 Å². The van der Waals surface area contributed by atoms with Gasteiger partial charge in [0.1, 0.15) is 17.2 Å². The van der Waals surface area contributed by atoms with E-state index in [1.54, 1.807) is 27.2 Å². The number of halogens is 1. The number of rotatable bonds is 6. The van der Waals surface area contributed by atoms with Crippen molar-refractivity contribution in [2.75, 3.05) is 20.8 Å². The van der Waals surface area contributed by atoms with Crippen LogP contribution < -0.4 is 14.2 Å². The van der Waals surface area contributed by atoms with Crippen LogP contribution in [-0.4, -0.2) is 37.7 Å². The molecule has 1 saturated heterocycles. The maximum atomic E-state index is 13.1. The Labute approximate surface area is 171 Å². The number of hydrogen-bond donors (Lipinski definition) is 0. The van der Waals surface area contributed by atoms with E-state index in [1.807, 2.05) is 42.2 Å². The average molecular weight is 404 g/mol. The molecule has 0 N–H and O–H groups in total. The highest BCUT2D eigenvalue weighted by molar-refractivity contribution is 6.32. The molecule has 150 valence electrons. The second kappa shape index (κ2) is 8.74. The molecule has 0 saturated carbocycles. The third-order valence-electron chi connectivity index (χ3n) is 5.07. The SMILES string of the molecule is COc1ccc(C2CCCN2C(=O)C(C)Oc2cc(C)ccc2Cl)c(OC)c1. The Morgan fingerprint density at radius 1 is 1.14 bits per heavy atom. The molecule has 2 aromatic carbocycles. The molecule has 1 aliphatic rings. The Kier molecular flexibility index (Phi) is 6.35. The fraction of sp³-hybridized carbons (Fsp3) is 0.409. The summed E-state index contributed by atoms with van der Waals surface area (Å²) in [6.07, 6.45) is 1.18. The Bertz CT molecular complexity index is 854. The van der Waals surface area contributed by atoms with Crippen molar-refractivity contribution >= 4 is 17.5 Å². The van der Waals surface area contributed by atoms with E-state index in [0.29, 0.717) is 17.3 Å². The van der Waals surface area contributed by atoms with Gasteiger partial charge in [0.15, 0.2) is 6.10 Å². The molecule has 3 rings (SSSR count). The summed E-state index contributed by atoms with van der Waals surface area (Å²) in [5.41, 5.74) is 2.01. The van der Waals surface area contributed by atoms with Crippen molar-refractivity contribution in [3.63, 3.8) is 0 Å². The number of aryl methyl sites for hydroxylation is 1. The minimum atomic E-state index is -0.635. The largest absolute Gasteiger partial charge is 0.497 e. The minimum Gasteiger partial charge on any atom is -0.497 e. The topological polar surface area (TPSA) is 48.0 Å². The molecule has 1 heterocycles. The van der Waals surface area contributed by atoms with Gasteiger partial charge in [-0.25, -0.2) is 0 Å². The third-order valence-corrected chi connectivity index (χ3v) is 5.39. The van der Waals surface area contributed by atoms with Gasteiger partial charge in [0.2, 0.25) is 0 Å². The van der Waals surface area contributed by atoms with Crippen LogP contribution in [0.5, 0.6) is 17.2 Å². The summed E-state index contributed by atoms with van der Waals surface area (Å²) < 4.78 is 16.7. The van der Waals surface area contributed by atoms with E-state index in [0.717, 1.165) is 35.5 Å². The van der Waals surface area contributed by atoms with E-state index in [2.05, 4.69) is 0 Å². The van der Waals surface area contributed by atoms with Crippen LogP contribution in [0.3, 0.4) is 0 Å². The van der Waals surface area contributed by atoms with E-state index in [4.69, 9.17) is 25.8 Å². The normalized spacial score (nSPS) is 17.3. The Morgan fingerprint density at radius 2 is 1.93 bits per heavy atom. The molecule has 2 unspecified atom stereocenters. The van der Waals surface area contributed by atoms with Gasteiger partial charge in [0.05, 0.1) is 25.3 Å². The maximum Gasteiger partial charge on any atom is 0.263 e. The molecule has 0 aliphatic carbocycles. The van der Waals surface area contributed by atoms with Crippen molar-refractivity contribution in [1.29, 1.82) is 0 Å². The van der Waals surface area contributed by atoms with Crippen LogP contribution in [0.2, 0.25) is 5.02 Å². The van der Waals surface area contributed by atoms with Gasteiger partial charge in [-0.2, -0.15) is 0 Å². The fourth-order valence-corrected chi connectivity index (χ4v) is 3.78. The van der Waals surface area contributed by atoms with Gasteiger partial charge in [-0.15, -0.1) is 0 Å². The molecule has 5 nitrogen and oxygen atoms in total. The molecule has 1 fully saturated rings. The number of carbonyl (C=O) groups excluding carboxylic acids is 1. The number of amides is 1. The Balaban J connectivity index is 1.80. The summed E-state index contributed by atoms with van der Waals surface area (Å²) in [6.45, 7) is 4.41. The van der Waals surface area contributed by atoms with Crippen molar-refractivity contribution in [2.24, 2.45) is 0 Å². The highest BCUT2D eigenvalue weighted by atomic mass is 35.5. The summed E-state index contributed by atoms with van der Waals surface area (Å²) in [7, 11) is 3.25. The zero-order valence-corrected chi connectivity index (χ0v) is 17.5. The maximum absolute atomic E-state index is 13.1. The first kappa shape index (κ1) is 20.3. The van der Waals surface area contributed by atoms with E-state index in [9.17, 15) is 4.79 Å². The molecule has 2 aromatic rings. The molecule has 0 aromatic heterocycles. The number of methoxy groups -OCH3 is 2. The standard InChI is InChI=1S/C22H26ClNO4/c1-14-7-10-18(23)21(12-14)28-15(2)22(25)24-11-5-6-19(24)17-9-8-16(26-3)13-20(17)27-4/h7-10,12-13,15,19H,5-6,11H2,1-4H3. The molecule has 2 atom stereocenters. The van der Waals surface area contributed by atoms with Crippen LogP contribution in [0.25, 0.3) is 0 Å². The van der Waals surface area contributed by atoms with Gasteiger partial charge in [0.25, 0.3) is 5.91 Å². The lowest BCUT2D eigenvalue weighted by Gasteiger charge is -2.29. The highest BCUT2D eigenvalue weighted by Gasteiger charge is 2.35. The van der Waals surface area contributed by atoms with Crippen LogP contribution in [0.1, 0.15) is 36.9 Å². The molecular weight excluding hydrogens is 378 g/mol. The predicted octanol–water partition coefficient (Wildman–Crippen LogP) is 4.80. The van der Waals surface area contributed by atoms with Gasteiger partial charge < -0.3 is 19.1 Å². The van der Waals surface area contributed by atoms with Crippen molar-refractivity contribution in [3.8, 4) is 17.2 Å². The van der Waals surface area contributed by atoms with Gasteiger partial charge in [0, 0.05) is 18.2 Å². The van der Waals surface area contributed by atoms with Gasteiger partial charge in [-0.05, 0) is 56.5 Å². The smallest absolute Gasteiger partial charge is 0.263 e. The quantitative estimate of drug-likeness (QED) is 0.695. The monoisotopic (exact) mass is 403 g/mol. The van der Waals surface area contributed by atoms with Crippen LogP contribution in [0.4, 0.5) is 0 Å². The van der Waals surface area contributed by atoms with E-state index >= 15 is 0 Å².